The van der Waals surface area contributed by atoms with Gasteiger partial charge in [0.05, 0.1) is 37.2 Å². The third kappa shape index (κ3) is 3.85. The zero-order chi connectivity index (χ0) is 33.5. The summed E-state index contributed by atoms with van der Waals surface area (Å²) in [5.74, 6) is 0.856. The van der Waals surface area contributed by atoms with Crippen molar-refractivity contribution < 1.29 is 4.11 Å². The maximum absolute atomic E-state index is 9.98. The largest absolute Gasteiger partial charge is 0.309 e. The van der Waals surface area contributed by atoms with E-state index >= 15 is 0 Å². The Hall–Kier alpha value is -6.39. The summed E-state index contributed by atoms with van der Waals surface area (Å²) in [5, 5.41) is 3.65. The summed E-state index contributed by atoms with van der Waals surface area (Å²) in [6.45, 7) is 0. The molecule has 7 aromatic carbocycles. The lowest BCUT2D eigenvalue weighted by Crippen LogP contribution is -2.00. The van der Waals surface area contributed by atoms with Gasteiger partial charge in [-0.1, -0.05) is 103 Å². The highest BCUT2D eigenvalue weighted by Gasteiger charge is 2.19. The van der Waals surface area contributed by atoms with E-state index in [2.05, 4.69) is 74.4 Å². The molecule has 0 aliphatic rings. The number of benzene rings is 7. The van der Waals surface area contributed by atoms with Crippen molar-refractivity contribution in [1.82, 2.24) is 18.7 Å². The molecule has 0 aliphatic carbocycles. The molecule has 0 saturated heterocycles. The summed E-state index contributed by atoms with van der Waals surface area (Å²) in [6.07, 6.45) is 0. The lowest BCUT2D eigenvalue weighted by Gasteiger charge is -2.14. The molecule has 4 heteroatoms. The van der Waals surface area contributed by atoms with Crippen molar-refractivity contribution in [3.63, 3.8) is 0 Å². The Morgan fingerprint density at radius 2 is 0.957 bits per heavy atom. The molecule has 10 aromatic rings. The van der Waals surface area contributed by atoms with Gasteiger partial charge in [0, 0.05) is 44.2 Å². The van der Waals surface area contributed by atoms with Crippen molar-refractivity contribution >= 4 is 54.6 Å². The molecule has 0 spiro atoms. The van der Waals surface area contributed by atoms with Crippen LogP contribution in [0.25, 0.3) is 83.1 Å². The maximum Gasteiger partial charge on any atom is 0.145 e. The van der Waals surface area contributed by atoms with E-state index in [1.54, 1.807) is 6.07 Å². The number of para-hydroxylation sites is 5. The van der Waals surface area contributed by atoms with Crippen LogP contribution in [0.1, 0.15) is 4.11 Å². The molecule has 4 nitrogen and oxygen atoms in total. The molecule has 0 aliphatic heterocycles. The van der Waals surface area contributed by atoms with Gasteiger partial charge in [-0.05, 0) is 66.7 Å². The van der Waals surface area contributed by atoms with E-state index < -0.39 is 0 Å². The smallest absolute Gasteiger partial charge is 0.145 e. The van der Waals surface area contributed by atoms with Crippen LogP contribution in [0.2, 0.25) is 0 Å². The first-order valence-corrected chi connectivity index (χ1v) is 15.7. The highest BCUT2D eigenvalue weighted by molar-refractivity contribution is 6.19. The summed E-state index contributed by atoms with van der Waals surface area (Å²) < 4.78 is 33.5. The minimum atomic E-state index is 0.385. The molecule has 3 heterocycles. The Bertz CT molecular complexity index is 2960. The number of rotatable bonds is 4. The lowest BCUT2D eigenvalue weighted by molar-refractivity contribution is 1.09. The molecule has 0 atom stereocenters. The Kier molecular flexibility index (Phi) is 4.93. The monoisotopic (exact) mass is 603 g/mol. The highest BCUT2D eigenvalue weighted by Crippen LogP contribution is 2.40. The van der Waals surface area contributed by atoms with Crippen molar-refractivity contribution in [2.24, 2.45) is 0 Å². The SMILES string of the molecule is [2H]c1ccc2c(c1)c1cc3c4cc([2H])ccc4n(-c4cccc(-n5c(-c6ccccc6)nc6ccccc65)c4)c3c([2H])c1n2-c1ccccc1. The van der Waals surface area contributed by atoms with Crippen LogP contribution in [0, 0.1) is 0 Å². The molecule has 0 unspecified atom stereocenters. The fourth-order valence-corrected chi connectivity index (χ4v) is 7.15. The number of nitrogens with zero attached hydrogens (tertiary/aromatic N) is 4. The van der Waals surface area contributed by atoms with E-state index in [-0.39, 0.29) is 0 Å². The Balaban J connectivity index is 1.31. The van der Waals surface area contributed by atoms with Crippen molar-refractivity contribution in [3.8, 4) is 28.5 Å². The van der Waals surface area contributed by atoms with Crippen LogP contribution in [-0.2, 0) is 0 Å². The molecule has 0 N–H and O–H groups in total. The van der Waals surface area contributed by atoms with E-state index in [0.29, 0.717) is 18.1 Å². The topological polar surface area (TPSA) is 27.7 Å². The molecule has 47 heavy (non-hydrogen) atoms. The predicted octanol–water partition coefficient (Wildman–Crippen LogP) is 10.9. The summed E-state index contributed by atoms with van der Waals surface area (Å²) >= 11 is 0. The van der Waals surface area contributed by atoms with E-state index in [4.69, 9.17) is 7.73 Å². The molecule has 10 rings (SSSR count). The average molecular weight is 604 g/mol. The van der Waals surface area contributed by atoms with Crippen LogP contribution in [0.4, 0.5) is 0 Å². The second-order valence-electron chi connectivity index (χ2n) is 11.8. The van der Waals surface area contributed by atoms with E-state index in [9.17, 15) is 1.37 Å². The third-order valence-corrected chi connectivity index (χ3v) is 9.18. The summed E-state index contributed by atoms with van der Waals surface area (Å²) in [4.78, 5) is 5.06. The summed E-state index contributed by atoms with van der Waals surface area (Å²) in [6, 6.07) is 51.7. The van der Waals surface area contributed by atoms with Gasteiger partial charge in [0.1, 0.15) is 5.82 Å². The molecular weight excluding hydrogens is 573 g/mol. The number of hydrogen-bond donors (Lipinski definition) is 0. The van der Waals surface area contributed by atoms with Gasteiger partial charge in [0.2, 0.25) is 0 Å². The molecule has 0 fully saturated rings. The van der Waals surface area contributed by atoms with Crippen molar-refractivity contribution in [2.75, 3.05) is 0 Å². The van der Waals surface area contributed by atoms with Crippen LogP contribution in [0.15, 0.2) is 170 Å². The lowest BCUT2D eigenvalue weighted by atomic mass is 10.1. The highest BCUT2D eigenvalue weighted by atomic mass is 15.1. The van der Waals surface area contributed by atoms with Crippen LogP contribution < -0.4 is 0 Å². The van der Waals surface area contributed by atoms with Crippen LogP contribution in [0.5, 0.6) is 0 Å². The number of fused-ring (bicyclic) bond motifs is 7. The van der Waals surface area contributed by atoms with Crippen molar-refractivity contribution in [3.05, 3.63) is 170 Å². The van der Waals surface area contributed by atoms with Gasteiger partial charge < -0.3 is 9.13 Å². The summed E-state index contributed by atoms with van der Waals surface area (Å²) in [7, 11) is 0. The zero-order valence-electron chi connectivity index (χ0n) is 28.2. The standard InChI is InChI=1S/C43H28N4/c1-3-14-29(15-4-1)43-44-37-22-9-12-25-40(37)47(43)32-19-13-18-31(26-32)46-39-24-11-8-21-34(39)36-27-35-33-20-7-10-23-38(33)45(41(35)28-42(36)46)30-16-5-2-6-17-30/h1-28H/i7D,8D,28D. The molecule has 0 saturated carbocycles. The van der Waals surface area contributed by atoms with Gasteiger partial charge in [0.25, 0.3) is 0 Å². The Labute approximate surface area is 275 Å². The van der Waals surface area contributed by atoms with Gasteiger partial charge in [-0.3, -0.25) is 4.57 Å². The second-order valence-corrected chi connectivity index (χ2v) is 11.8. The predicted molar refractivity (Wildman–Crippen MR) is 195 cm³/mol. The fourth-order valence-electron chi connectivity index (χ4n) is 7.15. The minimum absolute atomic E-state index is 0.385. The molecule has 0 radical (unpaired) electrons. The Morgan fingerprint density at radius 1 is 0.404 bits per heavy atom. The minimum Gasteiger partial charge on any atom is -0.309 e. The van der Waals surface area contributed by atoms with Gasteiger partial charge in [-0.25, -0.2) is 4.98 Å². The maximum atomic E-state index is 9.98. The third-order valence-electron chi connectivity index (χ3n) is 9.18. The first-order valence-electron chi connectivity index (χ1n) is 17.2. The van der Waals surface area contributed by atoms with E-state index in [0.717, 1.165) is 83.1 Å². The van der Waals surface area contributed by atoms with Crippen molar-refractivity contribution in [2.45, 2.75) is 0 Å². The first-order chi connectivity index (χ1) is 24.5. The number of aromatic nitrogens is 4. The number of hydrogen-bond acceptors (Lipinski definition) is 1. The molecule has 3 aromatic heterocycles. The summed E-state index contributed by atoms with van der Waals surface area (Å²) in [5.41, 5.74) is 9.17. The number of imidazole rings is 1. The first kappa shape index (κ1) is 23.0. The van der Waals surface area contributed by atoms with Crippen LogP contribution in [-0.4, -0.2) is 18.7 Å². The molecule has 0 amide bonds. The van der Waals surface area contributed by atoms with E-state index in [1.165, 1.54) is 0 Å². The second kappa shape index (κ2) is 10.1. The van der Waals surface area contributed by atoms with Crippen molar-refractivity contribution in [1.29, 1.82) is 0 Å². The Morgan fingerprint density at radius 3 is 1.66 bits per heavy atom. The normalized spacial score (nSPS) is 12.7. The van der Waals surface area contributed by atoms with Crippen LogP contribution >= 0.6 is 0 Å². The zero-order valence-corrected chi connectivity index (χ0v) is 25.2. The molecular formula is C43H28N4. The molecule has 220 valence electrons. The quantitative estimate of drug-likeness (QED) is 0.197. The van der Waals surface area contributed by atoms with Gasteiger partial charge in [0.15, 0.2) is 0 Å². The van der Waals surface area contributed by atoms with Gasteiger partial charge in [-0.2, -0.15) is 0 Å². The van der Waals surface area contributed by atoms with Gasteiger partial charge >= 0.3 is 0 Å². The van der Waals surface area contributed by atoms with Gasteiger partial charge in [-0.15, -0.1) is 0 Å². The van der Waals surface area contributed by atoms with E-state index in [1.807, 2.05) is 84.9 Å². The average Bonchev–Trinajstić information content (AvgIpc) is 3.81. The molecule has 0 bridgehead atoms. The fraction of sp³-hybridized carbons (Fsp3) is 0. The van der Waals surface area contributed by atoms with Crippen LogP contribution in [0.3, 0.4) is 0 Å².